The van der Waals surface area contributed by atoms with E-state index >= 15 is 0 Å². The van der Waals surface area contributed by atoms with Gasteiger partial charge < -0.3 is 5.32 Å². The third-order valence-electron chi connectivity index (χ3n) is 4.32. The van der Waals surface area contributed by atoms with E-state index in [-0.39, 0.29) is 12.1 Å². The molecule has 1 fully saturated rings. The Morgan fingerprint density at radius 1 is 1.33 bits per heavy atom. The Morgan fingerprint density at radius 3 is 2.88 bits per heavy atom. The number of anilines is 1. The summed E-state index contributed by atoms with van der Waals surface area (Å²) in [6.45, 7) is 2.75. The first-order valence-corrected chi connectivity index (χ1v) is 9.25. The number of urea groups is 1. The normalized spacial score (nSPS) is 15.2. The average Bonchev–Trinajstić information content (AvgIpc) is 2.87. The number of aromatic nitrogens is 2. The number of carbonyl (C=O) groups is 1. The molecule has 1 aromatic heterocycles. The van der Waals surface area contributed by atoms with Gasteiger partial charge in [0.05, 0.1) is 11.0 Å². The molecule has 0 atom stereocenters. The lowest BCUT2D eigenvalue weighted by Crippen LogP contribution is -2.39. The molecule has 2 amide bonds. The summed E-state index contributed by atoms with van der Waals surface area (Å²) in [5.74, 6) is 0.552. The summed E-state index contributed by atoms with van der Waals surface area (Å²) in [5, 5.41) is 10.4. The van der Waals surface area contributed by atoms with E-state index in [1.165, 1.54) is 30.4 Å². The number of halogens is 1. The fourth-order valence-electron chi connectivity index (χ4n) is 3.14. The lowest BCUT2D eigenvalue weighted by Gasteiger charge is -2.22. The van der Waals surface area contributed by atoms with Crippen molar-refractivity contribution >= 4 is 27.8 Å². The molecule has 128 valence electrons. The topological polar surface area (TPSA) is 59.0 Å². The van der Waals surface area contributed by atoms with Gasteiger partial charge in [-0.25, -0.2) is 4.79 Å². The van der Waals surface area contributed by atoms with Crippen molar-refractivity contribution in [2.75, 3.05) is 5.32 Å². The monoisotopic (exact) mass is 390 g/mol. The van der Waals surface area contributed by atoms with Gasteiger partial charge in [0.25, 0.3) is 0 Å². The van der Waals surface area contributed by atoms with E-state index in [0.717, 1.165) is 17.3 Å². The highest BCUT2D eigenvalue weighted by atomic mass is 79.9. The van der Waals surface area contributed by atoms with Crippen LogP contribution in [0.1, 0.15) is 43.2 Å². The highest BCUT2D eigenvalue weighted by molar-refractivity contribution is 9.10. The van der Waals surface area contributed by atoms with Crippen molar-refractivity contribution in [3.05, 3.63) is 46.1 Å². The van der Waals surface area contributed by atoms with Crippen LogP contribution in [0.4, 0.5) is 10.6 Å². The van der Waals surface area contributed by atoms with Crippen LogP contribution in [-0.2, 0) is 6.54 Å². The maximum atomic E-state index is 12.2. The smallest absolute Gasteiger partial charge is 0.320 e. The molecule has 3 rings (SSSR count). The van der Waals surface area contributed by atoms with Gasteiger partial charge in [-0.2, -0.15) is 5.10 Å². The molecule has 2 aromatic rings. The highest BCUT2D eigenvalue weighted by Crippen LogP contribution is 2.22. The van der Waals surface area contributed by atoms with Gasteiger partial charge in [-0.3, -0.25) is 10.00 Å². The molecule has 1 aliphatic carbocycles. The first kappa shape index (κ1) is 17.0. The standard InChI is InChI=1S/C18H23BrN4O/c1-13-6-5-7-14(10-13)11-23-12-16(19)17(22-23)21-18(24)20-15-8-3-2-4-9-15/h5-7,10,12,15H,2-4,8-9,11H2,1H3,(H2,20,21,22,24). The summed E-state index contributed by atoms with van der Waals surface area (Å²) in [6.07, 6.45) is 7.68. The summed E-state index contributed by atoms with van der Waals surface area (Å²) in [6, 6.07) is 8.44. The van der Waals surface area contributed by atoms with Crippen LogP contribution in [0.3, 0.4) is 0 Å². The van der Waals surface area contributed by atoms with Gasteiger partial charge in [-0.1, -0.05) is 49.1 Å². The third kappa shape index (κ3) is 4.60. The molecule has 2 N–H and O–H groups in total. The number of hydrogen-bond acceptors (Lipinski definition) is 2. The SMILES string of the molecule is Cc1cccc(Cn2cc(Br)c(NC(=O)NC3CCCCC3)n2)c1. The molecule has 0 unspecified atom stereocenters. The molecule has 1 aromatic carbocycles. The van der Waals surface area contributed by atoms with Crippen molar-refractivity contribution in [2.45, 2.75) is 51.6 Å². The maximum Gasteiger partial charge on any atom is 0.320 e. The number of rotatable bonds is 4. The van der Waals surface area contributed by atoms with Crippen LogP contribution in [-0.4, -0.2) is 21.9 Å². The molecule has 1 heterocycles. The molecule has 1 aliphatic rings. The Labute approximate surface area is 151 Å². The molecule has 1 saturated carbocycles. The predicted octanol–water partition coefficient (Wildman–Crippen LogP) is 4.46. The molecule has 0 spiro atoms. The van der Waals surface area contributed by atoms with Gasteiger partial charge >= 0.3 is 6.03 Å². The van der Waals surface area contributed by atoms with Crippen molar-refractivity contribution in [1.29, 1.82) is 0 Å². The molecular formula is C18H23BrN4O. The van der Waals surface area contributed by atoms with Crippen LogP contribution in [0.5, 0.6) is 0 Å². The zero-order valence-corrected chi connectivity index (χ0v) is 15.5. The fourth-order valence-corrected chi connectivity index (χ4v) is 3.55. The summed E-state index contributed by atoms with van der Waals surface area (Å²) < 4.78 is 2.61. The minimum Gasteiger partial charge on any atom is -0.335 e. The molecule has 5 nitrogen and oxygen atoms in total. The van der Waals surface area contributed by atoms with Gasteiger partial charge in [0.15, 0.2) is 5.82 Å². The molecule has 0 aliphatic heterocycles. The fraction of sp³-hybridized carbons (Fsp3) is 0.444. The minimum atomic E-state index is -0.177. The Bertz CT molecular complexity index is 707. The van der Waals surface area contributed by atoms with Gasteiger partial charge in [-0.15, -0.1) is 0 Å². The molecular weight excluding hydrogens is 368 g/mol. The lowest BCUT2D eigenvalue weighted by atomic mass is 9.96. The van der Waals surface area contributed by atoms with Crippen molar-refractivity contribution in [3.8, 4) is 0 Å². The number of nitrogens with one attached hydrogen (secondary N) is 2. The second-order valence-corrected chi connectivity index (χ2v) is 7.30. The van der Waals surface area contributed by atoms with Crippen molar-refractivity contribution in [2.24, 2.45) is 0 Å². The summed E-state index contributed by atoms with van der Waals surface area (Å²) in [5.41, 5.74) is 2.41. The van der Waals surface area contributed by atoms with Crippen molar-refractivity contribution in [1.82, 2.24) is 15.1 Å². The second kappa shape index (κ2) is 7.83. The van der Waals surface area contributed by atoms with E-state index in [0.29, 0.717) is 12.4 Å². The number of carbonyl (C=O) groups excluding carboxylic acids is 1. The van der Waals surface area contributed by atoms with E-state index < -0.39 is 0 Å². The zero-order valence-electron chi connectivity index (χ0n) is 13.9. The number of nitrogens with zero attached hydrogens (tertiary/aromatic N) is 2. The van der Waals surface area contributed by atoms with Crippen LogP contribution >= 0.6 is 15.9 Å². The molecule has 0 saturated heterocycles. The quantitative estimate of drug-likeness (QED) is 0.809. The van der Waals surface area contributed by atoms with Crippen molar-refractivity contribution < 1.29 is 4.79 Å². The van der Waals surface area contributed by atoms with Crippen LogP contribution in [0, 0.1) is 6.92 Å². The summed E-state index contributed by atoms with van der Waals surface area (Å²) >= 11 is 3.47. The van der Waals surface area contributed by atoms with E-state index in [4.69, 9.17) is 0 Å². The lowest BCUT2D eigenvalue weighted by molar-refractivity contribution is 0.244. The Balaban J connectivity index is 1.60. The molecule has 6 heteroatoms. The maximum absolute atomic E-state index is 12.2. The zero-order chi connectivity index (χ0) is 16.9. The number of benzene rings is 1. The molecule has 0 radical (unpaired) electrons. The number of amides is 2. The van der Waals surface area contributed by atoms with Gasteiger partial charge in [0, 0.05) is 12.2 Å². The van der Waals surface area contributed by atoms with Crippen LogP contribution in [0.25, 0.3) is 0 Å². The Kier molecular flexibility index (Phi) is 5.56. The third-order valence-corrected chi connectivity index (χ3v) is 4.90. The van der Waals surface area contributed by atoms with E-state index in [9.17, 15) is 4.79 Å². The number of hydrogen-bond donors (Lipinski definition) is 2. The molecule has 24 heavy (non-hydrogen) atoms. The number of aryl methyl sites for hydroxylation is 1. The minimum absolute atomic E-state index is 0.177. The van der Waals surface area contributed by atoms with Crippen LogP contribution in [0.15, 0.2) is 34.9 Å². The average molecular weight is 391 g/mol. The summed E-state index contributed by atoms with van der Waals surface area (Å²) in [4.78, 5) is 12.2. The Hall–Kier alpha value is -1.82. The van der Waals surface area contributed by atoms with Gasteiger partial charge in [-0.05, 0) is 41.3 Å². The van der Waals surface area contributed by atoms with E-state index in [1.807, 2.05) is 16.9 Å². The van der Waals surface area contributed by atoms with E-state index in [1.54, 1.807) is 0 Å². The highest BCUT2D eigenvalue weighted by Gasteiger charge is 2.17. The summed E-state index contributed by atoms with van der Waals surface area (Å²) in [7, 11) is 0. The van der Waals surface area contributed by atoms with E-state index in [2.05, 4.69) is 56.8 Å². The van der Waals surface area contributed by atoms with Crippen LogP contribution < -0.4 is 10.6 Å². The van der Waals surface area contributed by atoms with Gasteiger partial charge in [0.2, 0.25) is 0 Å². The van der Waals surface area contributed by atoms with Crippen molar-refractivity contribution in [3.63, 3.8) is 0 Å². The largest absolute Gasteiger partial charge is 0.335 e. The first-order chi connectivity index (χ1) is 11.6. The predicted molar refractivity (Wildman–Crippen MR) is 99.2 cm³/mol. The second-order valence-electron chi connectivity index (χ2n) is 6.45. The first-order valence-electron chi connectivity index (χ1n) is 8.46. The van der Waals surface area contributed by atoms with Crippen LogP contribution in [0.2, 0.25) is 0 Å². The van der Waals surface area contributed by atoms with Gasteiger partial charge in [0.1, 0.15) is 0 Å². The Morgan fingerprint density at radius 2 is 2.12 bits per heavy atom. The molecule has 0 bridgehead atoms.